The zero-order chi connectivity index (χ0) is 22.2. The number of piperidine rings is 1. The van der Waals surface area contributed by atoms with Crippen LogP contribution in [-0.4, -0.2) is 37.8 Å². The molecule has 3 aromatic heterocycles. The molecule has 4 heterocycles. The molecule has 0 N–H and O–H groups in total. The largest absolute Gasteiger partial charge is 0.334 e. The number of carbonyl (C=O) groups excluding carboxylic acids is 1. The van der Waals surface area contributed by atoms with E-state index in [2.05, 4.69) is 4.98 Å². The number of benzene rings is 1. The number of nitrogens with zero attached hydrogens (tertiary/aromatic N) is 4. The molecule has 32 heavy (non-hydrogen) atoms. The van der Waals surface area contributed by atoms with Crippen LogP contribution in [0.15, 0.2) is 48.7 Å². The summed E-state index contributed by atoms with van der Waals surface area (Å²) in [6.07, 6.45) is 5.63. The Bertz CT molecular complexity index is 1280. The van der Waals surface area contributed by atoms with Gasteiger partial charge in [0.05, 0.1) is 15.6 Å². The molecule has 164 valence electrons. The van der Waals surface area contributed by atoms with Crippen molar-refractivity contribution in [3.8, 4) is 10.4 Å². The number of thiazole rings is 1. The highest BCUT2D eigenvalue weighted by Crippen LogP contribution is 2.33. The Labute approximate surface area is 196 Å². The number of carbonyl (C=O) groups is 1. The van der Waals surface area contributed by atoms with Gasteiger partial charge in [-0.15, -0.1) is 11.3 Å². The maximum atomic E-state index is 13.7. The van der Waals surface area contributed by atoms with Crippen LogP contribution >= 0.6 is 22.9 Å². The van der Waals surface area contributed by atoms with Gasteiger partial charge in [-0.3, -0.25) is 9.20 Å². The number of hydrogen-bond acceptors (Lipinski definition) is 4. The number of aromatic nitrogens is 3. The van der Waals surface area contributed by atoms with Crippen molar-refractivity contribution in [1.82, 2.24) is 19.3 Å². The maximum Gasteiger partial charge on any atom is 0.274 e. The highest BCUT2D eigenvalue weighted by Gasteiger charge is 2.32. The fraction of sp³-hybridized carbons (Fsp3) is 0.320. The second kappa shape index (κ2) is 8.68. The summed E-state index contributed by atoms with van der Waals surface area (Å²) in [5.74, 6) is 0.00831. The Kier molecular flexibility index (Phi) is 5.74. The normalized spacial score (nSPS) is 16.6. The molecule has 0 aliphatic carbocycles. The monoisotopic (exact) mass is 464 g/mol. The summed E-state index contributed by atoms with van der Waals surface area (Å²) >= 11 is 8.26. The average molecular weight is 465 g/mol. The smallest absolute Gasteiger partial charge is 0.274 e. The van der Waals surface area contributed by atoms with E-state index in [1.807, 2.05) is 71.8 Å². The van der Waals surface area contributed by atoms with E-state index in [9.17, 15) is 4.79 Å². The Morgan fingerprint density at radius 3 is 2.72 bits per heavy atom. The Balaban J connectivity index is 1.47. The van der Waals surface area contributed by atoms with Crippen LogP contribution in [0.5, 0.6) is 0 Å². The molecule has 0 radical (unpaired) electrons. The van der Waals surface area contributed by atoms with E-state index in [1.54, 1.807) is 11.3 Å². The van der Waals surface area contributed by atoms with Crippen LogP contribution in [0.2, 0.25) is 5.15 Å². The number of hydrogen-bond donors (Lipinski definition) is 0. The molecule has 5 nitrogen and oxygen atoms in total. The lowest BCUT2D eigenvalue weighted by Gasteiger charge is -2.35. The van der Waals surface area contributed by atoms with E-state index in [0.29, 0.717) is 17.3 Å². The first-order valence-corrected chi connectivity index (χ1v) is 12.2. The van der Waals surface area contributed by atoms with Gasteiger partial charge in [0.2, 0.25) is 0 Å². The molecule has 1 amide bonds. The molecule has 1 fully saturated rings. The summed E-state index contributed by atoms with van der Waals surface area (Å²) in [5.41, 5.74) is 4.41. The summed E-state index contributed by atoms with van der Waals surface area (Å²) in [6.45, 7) is 4.73. The number of likely N-dealkylation sites (tertiary alicyclic amines) is 1. The zero-order valence-electron chi connectivity index (χ0n) is 18.2. The molecule has 0 saturated carbocycles. The van der Waals surface area contributed by atoms with Crippen LogP contribution in [0.25, 0.3) is 16.1 Å². The quantitative estimate of drug-likeness (QED) is 0.374. The SMILES string of the molecule is Cc1nc(C(=O)N2CCCC[C@H]2Cc2nc3c(C)cccn3c2Cl)c(-c2ccccc2)s1. The van der Waals surface area contributed by atoms with Gasteiger partial charge in [-0.25, -0.2) is 9.97 Å². The Morgan fingerprint density at radius 2 is 1.94 bits per heavy atom. The molecule has 1 aliphatic rings. The van der Waals surface area contributed by atoms with Gasteiger partial charge < -0.3 is 4.90 Å². The number of rotatable bonds is 4. The minimum absolute atomic E-state index is 0.00831. The molecule has 1 atom stereocenters. The summed E-state index contributed by atoms with van der Waals surface area (Å²) in [6, 6.07) is 14.1. The third-order valence-corrected chi connectivity index (χ3v) is 7.56. The van der Waals surface area contributed by atoms with Crippen molar-refractivity contribution < 1.29 is 4.79 Å². The molecule has 0 spiro atoms. The van der Waals surface area contributed by atoms with E-state index < -0.39 is 0 Å². The number of aryl methyl sites for hydroxylation is 2. The maximum absolute atomic E-state index is 13.7. The average Bonchev–Trinajstić information content (AvgIpc) is 3.36. The summed E-state index contributed by atoms with van der Waals surface area (Å²) in [7, 11) is 0. The molecule has 1 aromatic carbocycles. The van der Waals surface area contributed by atoms with Crippen molar-refractivity contribution in [3.05, 3.63) is 75.8 Å². The molecule has 1 aliphatic heterocycles. The molecular formula is C25H25ClN4OS. The summed E-state index contributed by atoms with van der Waals surface area (Å²) in [5, 5.41) is 1.54. The second-order valence-electron chi connectivity index (χ2n) is 8.36. The Hall–Kier alpha value is -2.70. The third kappa shape index (κ3) is 3.82. The van der Waals surface area contributed by atoms with Crippen LogP contribution in [0.4, 0.5) is 0 Å². The lowest BCUT2D eigenvalue weighted by molar-refractivity contribution is 0.0608. The number of imidazole rings is 1. The van der Waals surface area contributed by atoms with E-state index in [-0.39, 0.29) is 11.9 Å². The van der Waals surface area contributed by atoms with E-state index in [0.717, 1.165) is 58.2 Å². The van der Waals surface area contributed by atoms with E-state index >= 15 is 0 Å². The topological polar surface area (TPSA) is 50.5 Å². The predicted molar refractivity (Wildman–Crippen MR) is 130 cm³/mol. The fourth-order valence-electron chi connectivity index (χ4n) is 4.55. The third-order valence-electron chi connectivity index (χ3n) is 6.14. The minimum atomic E-state index is 0.00831. The number of amides is 1. The standard InChI is InChI=1S/C25H25ClN4OS/c1-16-9-8-14-30-23(26)20(28-24(16)30)15-19-12-6-7-13-29(19)25(31)21-22(32-17(2)27-21)18-10-4-3-5-11-18/h3-5,8-11,14,19H,6-7,12-13,15H2,1-2H3/t19-/m0/s1. The van der Waals surface area contributed by atoms with Crippen molar-refractivity contribution in [2.75, 3.05) is 6.54 Å². The van der Waals surface area contributed by atoms with E-state index in [4.69, 9.17) is 16.6 Å². The summed E-state index contributed by atoms with van der Waals surface area (Å²) < 4.78 is 1.93. The van der Waals surface area contributed by atoms with Gasteiger partial charge in [0.1, 0.15) is 16.5 Å². The highest BCUT2D eigenvalue weighted by molar-refractivity contribution is 7.15. The zero-order valence-corrected chi connectivity index (χ0v) is 19.8. The van der Waals surface area contributed by atoms with Crippen LogP contribution in [0.1, 0.15) is 46.0 Å². The van der Waals surface area contributed by atoms with Crippen LogP contribution in [0, 0.1) is 13.8 Å². The minimum Gasteiger partial charge on any atom is -0.334 e. The van der Waals surface area contributed by atoms with Gasteiger partial charge in [0.25, 0.3) is 5.91 Å². The predicted octanol–water partition coefficient (Wildman–Crippen LogP) is 5.97. The number of halogens is 1. The molecule has 0 unspecified atom stereocenters. The lowest BCUT2D eigenvalue weighted by Crippen LogP contribution is -2.45. The van der Waals surface area contributed by atoms with Crippen molar-refractivity contribution in [1.29, 1.82) is 0 Å². The summed E-state index contributed by atoms with van der Waals surface area (Å²) in [4.78, 5) is 26.1. The lowest BCUT2D eigenvalue weighted by atomic mass is 9.97. The van der Waals surface area contributed by atoms with Gasteiger partial charge in [-0.1, -0.05) is 48.0 Å². The van der Waals surface area contributed by atoms with Crippen molar-refractivity contribution in [3.63, 3.8) is 0 Å². The molecule has 4 aromatic rings. The first-order valence-electron chi connectivity index (χ1n) is 11.0. The molecule has 0 bridgehead atoms. The van der Waals surface area contributed by atoms with Crippen LogP contribution < -0.4 is 0 Å². The van der Waals surface area contributed by atoms with Gasteiger partial charge in [0.15, 0.2) is 0 Å². The van der Waals surface area contributed by atoms with Crippen molar-refractivity contribution in [2.24, 2.45) is 0 Å². The van der Waals surface area contributed by atoms with Gasteiger partial charge in [-0.2, -0.15) is 0 Å². The first-order chi connectivity index (χ1) is 15.5. The fourth-order valence-corrected chi connectivity index (χ4v) is 5.72. The Morgan fingerprint density at radius 1 is 1.12 bits per heavy atom. The number of fused-ring (bicyclic) bond motifs is 1. The molecule has 1 saturated heterocycles. The molecular weight excluding hydrogens is 440 g/mol. The second-order valence-corrected chi connectivity index (χ2v) is 9.92. The number of pyridine rings is 1. The van der Waals surface area contributed by atoms with Gasteiger partial charge >= 0.3 is 0 Å². The van der Waals surface area contributed by atoms with E-state index in [1.165, 1.54) is 0 Å². The van der Waals surface area contributed by atoms with Gasteiger partial charge in [-0.05, 0) is 50.3 Å². The highest BCUT2D eigenvalue weighted by atomic mass is 35.5. The van der Waals surface area contributed by atoms with Crippen molar-refractivity contribution in [2.45, 2.75) is 45.6 Å². The molecule has 5 rings (SSSR count). The first kappa shape index (κ1) is 21.2. The van der Waals surface area contributed by atoms with Gasteiger partial charge in [0, 0.05) is 25.2 Å². The van der Waals surface area contributed by atoms with Crippen molar-refractivity contribution >= 4 is 34.5 Å². The van der Waals surface area contributed by atoms with Crippen LogP contribution in [-0.2, 0) is 6.42 Å². The molecule has 7 heteroatoms. The van der Waals surface area contributed by atoms with Crippen LogP contribution in [0.3, 0.4) is 0 Å².